The van der Waals surface area contributed by atoms with Gasteiger partial charge in [0, 0.05) is 62.9 Å². The Hall–Kier alpha value is -1.13. The van der Waals surface area contributed by atoms with Crippen LogP contribution in [0.25, 0.3) is 0 Å². The topological polar surface area (TPSA) is 130 Å². The maximum absolute atomic E-state index is 12.0. The lowest BCUT2D eigenvalue weighted by molar-refractivity contribution is -0.136. The molecule has 0 atom stereocenters. The normalized spacial score (nSPS) is 13.1. The van der Waals surface area contributed by atoms with Gasteiger partial charge < -0.3 is 36.8 Å². The summed E-state index contributed by atoms with van der Waals surface area (Å²) in [6.45, 7) is 13.6. The minimum absolute atomic E-state index is 0.0733. The Morgan fingerprint density at radius 2 is 0.765 bits per heavy atom. The van der Waals surface area contributed by atoms with Crippen molar-refractivity contribution in [2.75, 3.05) is 39.6 Å². The summed E-state index contributed by atoms with van der Waals surface area (Å²) in [6, 6.07) is 0.808. The Balaban J connectivity index is 5.55. The van der Waals surface area contributed by atoms with E-state index in [1.165, 1.54) is 0 Å². The molecule has 0 radical (unpaired) electrons. The molecule has 0 spiro atoms. The number of carbonyl (C=O) groups is 2. The number of carboxylic acid groups (broad SMARTS) is 2. The number of carboxylic acids is 2. The molecule has 0 rings (SSSR count). The van der Waals surface area contributed by atoms with Gasteiger partial charge >= 0.3 is 29.5 Å². The van der Waals surface area contributed by atoms with Crippen LogP contribution in [-0.4, -0.2) is 79.4 Å². The summed E-state index contributed by atoms with van der Waals surface area (Å²) < 4.78 is 34.9. The lowest BCUT2D eigenvalue weighted by Gasteiger charge is -2.28. The quantitative estimate of drug-likeness (QED) is 0.158. The van der Waals surface area contributed by atoms with Gasteiger partial charge in [-0.15, -0.1) is 0 Å². The molecule has 34 heavy (non-hydrogen) atoms. The van der Waals surface area contributed by atoms with Gasteiger partial charge in [0.05, 0.1) is 0 Å². The lowest BCUT2D eigenvalue weighted by Crippen LogP contribution is -2.46. The van der Waals surface area contributed by atoms with Crippen molar-refractivity contribution < 1.29 is 46.4 Å². The predicted molar refractivity (Wildman–Crippen MR) is 132 cm³/mol. The summed E-state index contributed by atoms with van der Waals surface area (Å²) in [5.74, 6) is -2.48. The average molecular weight is 525 g/mol. The van der Waals surface area contributed by atoms with Crippen LogP contribution in [0, 0.1) is 0 Å². The van der Waals surface area contributed by atoms with Crippen molar-refractivity contribution in [1.82, 2.24) is 0 Å². The Labute approximate surface area is 206 Å². The first-order valence-corrected chi connectivity index (χ1v) is 16.1. The molecule has 10 nitrogen and oxygen atoms in total. The first-order valence-electron chi connectivity index (χ1n) is 12.2. The van der Waals surface area contributed by atoms with Gasteiger partial charge in [0.25, 0.3) is 0 Å². The van der Waals surface area contributed by atoms with Crippen LogP contribution in [0.4, 0.5) is 0 Å². The smallest absolute Gasteiger partial charge is 0.478 e. The van der Waals surface area contributed by atoms with Crippen LogP contribution >= 0.6 is 0 Å². The van der Waals surface area contributed by atoms with Gasteiger partial charge in [-0.05, 0) is 67.2 Å². The van der Waals surface area contributed by atoms with Crippen LogP contribution in [0.5, 0.6) is 0 Å². The molecule has 0 aromatic rings. The van der Waals surface area contributed by atoms with Gasteiger partial charge in [-0.1, -0.05) is 0 Å². The van der Waals surface area contributed by atoms with E-state index in [0.717, 1.165) is 0 Å². The molecule has 0 heterocycles. The largest absolute Gasteiger partial charge is 0.500 e. The van der Waals surface area contributed by atoms with Gasteiger partial charge in [-0.3, -0.25) is 0 Å². The van der Waals surface area contributed by atoms with Crippen LogP contribution in [0.3, 0.4) is 0 Å². The third-order valence-corrected chi connectivity index (χ3v) is 11.2. The monoisotopic (exact) mass is 524 g/mol. The van der Waals surface area contributed by atoms with E-state index in [4.69, 9.17) is 26.6 Å². The molecular formula is C22H44O10Si2. The van der Waals surface area contributed by atoms with E-state index in [0.29, 0.717) is 64.6 Å². The summed E-state index contributed by atoms with van der Waals surface area (Å²) in [5.41, 5.74) is -0.229. The van der Waals surface area contributed by atoms with E-state index in [1.807, 2.05) is 41.5 Å². The summed E-state index contributed by atoms with van der Waals surface area (Å²) in [5, 5.41) is 19.5. The standard InChI is InChI=1S/C22H44O10Si2/c1-7-27-33(28-8-2,29-9-3)17-13-15-19(21(23)24)20(22(25)26)16-14-18-34(30-10-4,31-11-5)32-12-6/h7-18H2,1-6H3,(H,23,24)(H,25,26)/b20-19-. The van der Waals surface area contributed by atoms with E-state index in [9.17, 15) is 19.8 Å². The van der Waals surface area contributed by atoms with Gasteiger partial charge in [0.15, 0.2) is 0 Å². The van der Waals surface area contributed by atoms with Gasteiger partial charge in [0.1, 0.15) is 0 Å². The van der Waals surface area contributed by atoms with Gasteiger partial charge in [-0.25, -0.2) is 9.59 Å². The van der Waals surface area contributed by atoms with Crippen molar-refractivity contribution in [3.05, 3.63) is 11.1 Å². The highest BCUT2D eigenvalue weighted by Crippen LogP contribution is 2.26. The predicted octanol–water partition coefficient (Wildman–Crippen LogP) is 4.11. The molecule has 0 bridgehead atoms. The summed E-state index contributed by atoms with van der Waals surface area (Å²) in [4.78, 5) is 24.0. The number of hydrogen-bond acceptors (Lipinski definition) is 8. The molecule has 200 valence electrons. The SMILES string of the molecule is CCO[Si](CCC/C(C(=O)O)=C(\CCC[Si](OCC)(OCC)OCC)C(=O)O)(OCC)OCC. The third kappa shape index (κ3) is 11.5. The van der Waals surface area contributed by atoms with Crippen molar-refractivity contribution in [2.24, 2.45) is 0 Å². The Kier molecular flexibility index (Phi) is 17.6. The van der Waals surface area contributed by atoms with E-state index in [1.54, 1.807) is 0 Å². The van der Waals surface area contributed by atoms with Crippen molar-refractivity contribution in [3.8, 4) is 0 Å². The van der Waals surface area contributed by atoms with Crippen molar-refractivity contribution in [2.45, 2.75) is 79.3 Å². The molecule has 0 aromatic carbocycles. The van der Waals surface area contributed by atoms with Crippen molar-refractivity contribution in [1.29, 1.82) is 0 Å². The highest BCUT2D eigenvalue weighted by Gasteiger charge is 2.41. The van der Waals surface area contributed by atoms with Gasteiger partial charge in [0.2, 0.25) is 0 Å². The minimum Gasteiger partial charge on any atom is -0.478 e. The van der Waals surface area contributed by atoms with E-state index in [2.05, 4.69) is 0 Å². The van der Waals surface area contributed by atoms with Crippen LogP contribution in [-0.2, 0) is 36.1 Å². The first-order chi connectivity index (χ1) is 16.2. The Morgan fingerprint density at radius 3 is 0.941 bits per heavy atom. The first kappa shape index (κ1) is 32.9. The molecule has 0 aromatic heterocycles. The fourth-order valence-electron chi connectivity index (χ4n) is 3.74. The second kappa shape index (κ2) is 18.2. The number of hydrogen-bond donors (Lipinski definition) is 2. The molecule has 0 aliphatic heterocycles. The van der Waals surface area contributed by atoms with Crippen LogP contribution in [0.15, 0.2) is 11.1 Å². The second-order valence-corrected chi connectivity index (χ2v) is 12.7. The zero-order valence-corrected chi connectivity index (χ0v) is 23.6. The maximum Gasteiger partial charge on any atom is 0.500 e. The molecule has 0 aliphatic carbocycles. The molecule has 0 amide bonds. The molecule has 0 saturated heterocycles. The van der Waals surface area contributed by atoms with E-state index < -0.39 is 29.5 Å². The summed E-state index contributed by atoms with van der Waals surface area (Å²) >= 11 is 0. The molecule has 2 N–H and O–H groups in total. The highest BCUT2D eigenvalue weighted by atomic mass is 28.4. The van der Waals surface area contributed by atoms with Crippen LogP contribution < -0.4 is 0 Å². The Morgan fingerprint density at radius 1 is 0.529 bits per heavy atom. The Bertz CT molecular complexity index is 541. The summed E-state index contributed by atoms with van der Waals surface area (Å²) in [6.07, 6.45) is 0.897. The van der Waals surface area contributed by atoms with E-state index in [-0.39, 0.29) is 24.0 Å². The van der Waals surface area contributed by atoms with Crippen molar-refractivity contribution >= 4 is 29.5 Å². The summed E-state index contributed by atoms with van der Waals surface area (Å²) in [7, 11) is -5.89. The number of aliphatic carboxylic acids is 2. The van der Waals surface area contributed by atoms with Crippen LogP contribution in [0.2, 0.25) is 12.1 Å². The van der Waals surface area contributed by atoms with E-state index >= 15 is 0 Å². The second-order valence-electron chi connectivity index (χ2n) is 7.24. The van der Waals surface area contributed by atoms with Crippen LogP contribution in [0.1, 0.15) is 67.2 Å². The number of rotatable bonds is 22. The zero-order chi connectivity index (χ0) is 26.0. The minimum atomic E-state index is -2.94. The third-order valence-electron chi connectivity index (χ3n) is 4.89. The molecule has 0 unspecified atom stereocenters. The fourth-order valence-corrected chi connectivity index (χ4v) is 8.96. The molecule has 0 aliphatic rings. The zero-order valence-electron chi connectivity index (χ0n) is 21.6. The van der Waals surface area contributed by atoms with Gasteiger partial charge in [-0.2, -0.15) is 0 Å². The maximum atomic E-state index is 12.0. The average Bonchev–Trinajstić information content (AvgIpc) is 2.76. The molecule has 12 heteroatoms. The lowest BCUT2D eigenvalue weighted by atomic mass is 10.00. The molecular weight excluding hydrogens is 480 g/mol. The highest BCUT2D eigenvalue weighted by molar-refractivity contribution is 6.61. The van der Waals surface area contributed by atoms with Crippen molar-refractivity contribution in [3.63, 3.8) is 0 Å². The fraction of sp³-hybridized carbons (Fsp3) is 0.818. The molecule has 0 saturated carbocycles. The molecule has 0 fully saturated rings.